The van der Waals surface area contributed by atoms with Gasteiger partial charge in [0.2, 0.25) is 0 Å². The average Bonchev–Trinajstić information content (AvgIpc) is 2.40. The fraction of sp³-hybridized carbons (Fsp3) is 0.769. The Morgan fingerprint density at radius 2 is 2.06 bits per heavy atom. The summed E-state index contributed by atoms with van der Waals surface area (Å²) in [6, 6.07) is 0.534. The van der Waals surface area contributed by atoms with Crippen molar-refractivity contribution in [3.05, 3.63) is 11.6 Å². The molecule has 0 spiro atoms. The van der Waals surface area contributed by atoms with Crippen LogP contribution in [0.4, 0.5) is 0 Å². The van der Waals surface area contributed by atoms with Gasteiger partial charge in [-0.1, -0.05) is 5.57 Å². The molecule has 0 saturated carbocycles. The van der Waals surface area contributed by atoms with Crippen LogP contribution >= 0.6 is 0 Å². The quantitative estimate of drug-likeness (QED) is 0.579. The van der Waals surface area contributed by atoms with E-state index < -0.39 is 0 Å². The average molecular weight is 239 g/mol. The van der Waals surface area contributed by atoms with Crippen LogP contribution in [0.2, 0.25) is 0 Å². The molecule has 2 rings (SSSR count). The van der Waals surface area contributed by atoms with Crippen molar-refractivity contribution in [1.29, 1.82) is 0 Å². The van der Waals surface area contributed by atoms with E-state index in [-0.39, 0.29) is 24.2 Å². The standard InChI is InChI=1S/C13H21NO3/c1-8(2)4-13(16)17-12-6-9-5-10(15)7-11(12)14(9)3/h4,9-12,15H,5-7H2,1-3H3/t9?,10-,11?,12-/m0/s1. The zero-order valence-electron chi connectivity index (χ0n) is 10.7. The minimum absolute atomic E-state index is 0.0646. The van der Waals surface area contributed by atoms with Gasteiger partial charge in [0, 0.05) is 24.6 Å². The lowest BCUT2D eigenvalue weighted by Crippen LogP contribution is -2.44. The van der Waals surface area contributed by atoms with Crippen LogP contribution < -0.4 is 0 Å². The van der Waals surface area contributed by atoms with E-state index >= 15 is 0 Å². The van der Waals surface area contributed by atoms with E-state index in [0.29, 0.717) is 12.5 Å². The van der Waals surface area contributed by atoms with E-state index in [1.54, 1.807) is 0 Å². The van der Waals surface area contributed by atoms with Gasteiger partial charge in [0.1, 0.15) is 6.10 Å². The van der Waals surface area contributed by atoms with Gasteiger partial charge in [0.25, 0.3) is 0 Å². The third-order valence-electron chi connectivity index (χ3n) is 3.76. The van der Waals surface area contributed by atoms with Crippen LogP contribution in [0.3, 0.4) is 0 Å². The number of rotatable bonds is 2. The minimum Gasteiger partial charge on any atom is -0.457 e. The zero-order chi connectivity index (χ0) is 12.6. The second-order valence-electron chi connectivity index (χ2n) is 5.44. The number of hydrogen-bond donors (Lipinski definition) is 1. The van der Waals surface area contributed by atoms with E-state index in [4.69, 9.17) is 4.74 Å². The maximum absolute atomic E-state index is 11.6. The van der Waals surface area contributed by atoms with Crippen LogP contribution in [0.15, 0.2) is 11.6 Å². The Labute approximate surface area is 102 Å². The number of aliphatic hydroxyl groups is 1. The maximum Gasteiger partial charge on any atom is 0.331 e. The number of allylic oxidation sites excluding steroid dienone is 1. The van der Waals surface area contributed by atoms with Crippen LogP contribution in [-0.4, -0.2) is 47.3 Å². The number of carbonyl (C=O) groups excluding carboxylic acids is 1. The van der Waals surface area contributed by atoms with Gasteiger partial charge in [-0.3, -0.25) is 4.90 Å². The Kier molecular flexibility index (Phi) is 3.54. The number of nitrogens with zero attached hydrogens (tertiary/aromatic N) is 1. The van der Waals surface area contributed by atoms with E-state index in [9.17, 15) is 9.90 Å². The molecule has 2 heterocycles. The topological polar surface area (TPSA) is 49.8 Å². The molecule has 2 aliphatic heterocycles. The monoisotopic (exact) mass is 239 g/mol. The van der Waals surface area contributed by atoms with Crippen molar-refractivity contribution in [2.24, 2.45) is 0 Å². The molecular formula is C13H21NO3. The van der Waals surface area contributed by atoms with E-state index in [1.165, 1.54) is 6.08 Å². The summed E-state index contributed by atoms with van der Waals surface area (Å²) in [4.78, 5) is 13.8. The first-order valence-corrected chi connectivity index (χ1v) is 6.23. The van der Waals surface area contributed by atoms with Crippen molar-refractivity contribution >= 4 is 5.97 Å². The summed E-state index contributed by atoms with van der Waals surface area (Å²) in [6.45, 7) is 3.76. The molecule has 0 aromatic rings. The van der Waals surface area contributed by atoms with Crippen LogP contribution in [0.25, 0.3) is 0 Å². The predicted molar refractivity (Wildman–Crippen MR) is 64.5 cm³/mol. The molecule has 4 heteroatoms. The first kappa shape index (κ1) is 12.6. The Balaban J connectivity index is 1.99. The highest BCUT2D eigenvalue weighted by atomic mass is 16.5. The van der Waals surface area contributed by atoms with E-state index in [1.807, 2.05) is 13.8 Å². The molecule has 2 unspecified atom stereocenters. The Morgan fingerprint density at radius 3 is 2.71 bits per heavy atom. The molecule has 0 aliphatic carbocycles. The lowest BCUT2D eigenvalue weighted by atomic mass is 10.0. The molecule has 0 aromatic heterocycles. The molecule has 0 radical (unpaired) electrons. The molecule has 0 aromatic carbocycles. The van der Waals surface area contributed by atoms with Crippen molar-refractivity contribution < 1.29 is 14.6 Å². The SMILES string of the molecule is CC(C)=CC(=O)O[C@H]1CC2C[C@H](O)CC1N2C. The van der Waals surface area contributed by atoms with Gasteiger partial charge >= 0.3 is 5.97 Å². The first-order chi connectivity index (χ1) is 7.97. The second kappa shape index (κ2) is 4.78. The number of fused-ring (bicyclic) bond motifs is 2. The molecule has 2 saturated heterocycles. The van der Waals surface area contributed by atoms with Crippen molar-refractivity contribution in [3.8, 4) is 0 Å². The zero-order valence-corrected chi connectivity index (χ0v) is 10.7. The molecule has 96 valence electrons. The Morgan fingerprint density at radius 1 is 1.35 bits per heavy atom. The van der Waals surface area contributed by atoms with Gasteiger partial charge in [0.05, 0.1) is 6.10 Å². The minimum atomic E-state index is -0.259. The molecule has 17 heavy (non-hydrogen) atoms. The smallest absolute Gasteiger partial charge is 0.331 e. The van der Waals surface area contributed by atoms with E-state index in [2.05, 4.69) is 11.9 Å². The Bertz CT molecular complexity index is 336. The maximum atomic E-state index is 11.6. The molecule has 4 atom stereocenters. The number of hydrogen-bond acceptors (Lipinski definition) is 4. The molecule has 0 amide bonds. The number of esters is 1. The summed E-state index contributed by atoms with van der Waals surface area (Å²) >= 11 is 0. The molecule has 4 nitrogen and oxygen atoms in total. The van der Waals surface area contributed by atoms with Gasteiger partial charge in [-0.05, 0) is 33.7 Å². The summed E-state index contributed by atoms with van der Waals surface area (Å²) in [5.74, 6) is -0.259. The van der Waals surface area contributed by atoms with Crippen molar-refractivity contribution in [3.63, 3.8) is 0 Å². The number of aliphatic hydroxyl groups excluding tert-OH is 1. The molecule has 2 fully saturated rings. The van der Waals surface area contributed by atoms with Gasteiger partial charge in [-0.2, -0.15) is 0 Å². The van der Waals surface area contributed by atoms with Crippen molar-refractivity contribution in [2.75, 3.05) is 7.05 Å². The first-order valence-electron chi connectivity index (χ1n) is 6.23. The van der Waals surface area contributed by atoms with Crippen LogP contribution in [-0.2, 0) is 9.53 Å². The summed E-state index contributed by atoms with van der Waals surface area (Å²) in [5.41, 5.74) is 0.948. The van der Waals surface area contributed by atoms with Crippen molar-refractivity contribution in [1.82, 2.24) is 4.90 Å². The molecule has 2 aliphatic rings. The summed E-state index contributed by atoms with van der Waals surface area (Å²) in [5, 5.41) is 9.73. The van der Waals surface area contributed by atoms with Crippen LogP contribution in [0, 0.1) is 0 Å². The van der Waals surface area contributed by atoms with E-state index in [0.717, 1.165) is 18.4 Å². The highest BCUT2D eigenvalue weighted by Gasteiger charge is 2.46. The number of piperidine rings is 1. The normalized spacial score (nSPS) is 36.7. The van der Waals surface area contributed by atoms with Gasteiger partial charge in [0.15, 0.2) is 0 Å². The highest BCUT2D eigenvalue weighted by Crippen LogP contribution is 2.36. The van der Waals surface area contributed by atoms with Crippen LogP contribution in [0.5, 0.6) is 0 Å². The summed E-state index contributed by atoms with van der Waals surface area (Å²) in [6.07, 6.45) is 3.57. The largest absolute Gasteiger partial charge is 0.457 e. The Hall–Kier alpha value is -0.870. The predicted octanol–water partition coefficient (Wildman–Crippen LogP) is 1.09. The van der Waals surface area contributed by atoms with Crippen molar-refractivity contribution in [2.45, 2.75) is 57.4 Å². The number of ether oxygens (including phenoxy) is 1. The van der Waals surface area contributed by atoms with Gasteiger partial charge in [-0.15, -0.1) is 0 Å². The molecular weight excluding hydrogens is 218 g/mol. The fourth-order valence-electron chi connectivity index (χ4n) is 2.94. The highest BCUT2D eigenvalue weighted by molar-refractivity contribution is 5.82. The third kappa shape index (κ3) is 2.69. The molecule has 1 N–H and O–H groups in total. The molecule has 2 bridgehead atoms. The van der Waals surface area contributed by atoms with Gasteiger partial charge < -0.3 is 9.84 Å². The second-order valence-corrected chi connectivity index (χ2v) is 5.44. The fourth-order valence-corrected chi connectivity index (χ4v) is 2.94. The lowest BCUT2D eigenvalue weighted by Gasteiger charge is -2.34. The summed E-state index contributed by atoms with van der Waals surface area (Å²) in [7, 11) is 2.05. The van der Waals surface area contributed by atoms with Gasteiger partial charge in [-0.25, -0.2) is 4.79 Å². The summed E-state index contributed by atoms with van der Waals surface area (Å²) < 4.78 is 5.49. The number of likely N-dealkylation sites (N-methyl/N-ethyl adjacent to an activating group) is 1. The third-order valence-corrected chi connectivity index (χ3v) is 3.76. The van der Waals surface area contributed by atoms with Crippen LogP contribution in [0.1, 0.15) is 33.1 Å². The lowest BCUT2D eigenvalue weighted by molar-refractivity contribution is -0.144. The number of carbonyl (C=O) groups is 1.